The van der Waals surface area contributed by atoms with Crippen LogP contribution >= 0.6 is 0 Å². The van der Waals surface area contributed by atoms with E-state index in [-0.39, 0.29) is 17.4 Å². The van der Waals surface area contributed by atoms with E-state index in [4.69, 9.17) is 5.73 Å². The van der Waals surface area contributed by atoms with Crippen molar-refractivity contribution in [3.63, 3.8) is 0 Å². The van der Waals surface area contributed by atoms with Crippen molar-refractivity contribution in [1.82, 2.24) is 4.90 Å². The number of benzene rings is 1. The first-order chi connectivity index (χ1) is 8.79. The molecule has 3 heteroatoms. The van der Waals surface area contributed by atoms with Gasteiger partial charge in [-0.2, -0.15) is 0 Å². The first-order valence-corrected chi connectivity index (χ1v) is 6.93. The maximum atomic E-state index is 12.6. The molecular weight excluding hydrogens is 236 g/mol. The largest absolute Gasteiger partial charge is 0.338 e. The molecule has 1 aromatic carbocycles. The summed E-state index contributed by atoms with van der Waals surface area (Å²) < 4.78 is 0. The Hall–Kier alpha value is -1.35. The molecule has 1 aliphatic heterocycles. The Bertz CT molecular complexity index is 473. The van der Waals surface area contributed by atoms with Gasteiger partial charge in [0, 0.05) is 24.7 Å². The van der Waals surface area contributed by atoms with Crippen LogP contribution in [-0.4, -0.2) is 29.9 Å². The highest BCUT2D eigenvalue weighted by Crippen LogP contribution is 2.28. The number of aryl methyl sites for hydroxylation is 2. The fourth-order valence-electron chi connectivity index (χ4n) is 2.83. The number of amides is 1. The number of carbonyl (C=O) groups is 1. The lowest BCUT2D eigenvalue weighted by Gasteiger charge is -2.42. The van der Waals surface area contributed by atoms with Crippen LogP contribution in [0.1, 0.15) is 41.8 Å². The summed E-state index contributed by atoms with van der Waals surface area (Å²) in [7, 11) is 0. The van der Waals surface area contributed by atoms with Gasteiger partial charge in [-0.1, -0.05) is 31.0 Å². The molecule has 0 spiro atoms. The van der Waals surface area contributed by atoms with Crippen molar-refractivity contribution in [2.24, 2.45) is 11.1 Å². The van der Waals surface area contributed by atoms with E-state index in [1.54, 1.807) is 0 Å². The highest BCUT2D eigenvalue weighted by molar-refractivity contribution is 5.94. The lowest BCUT2D eigenvalue weighted by atomic mass is 9.79. The normalized spacial score (nSPS) is 22.4. The number of carbonyl (C=O) groups excluding carboxylic acids is 1. The van der Waals surface area contributed by atoms with E-state index in [0.29, 0.717) is 0 Å². The number of nitrogens with two attached hydrogens (primary N) is 1. The first-order valence-electron chi connectivity index (χ1n) is 6.93. The van der Waals surface area contributed by atoms with Crippen LogP contribution in [0.15, 0.2) is 18.2 Å². The van der Waals surface area contributed by atoms with Gasteiger partial charge >= 0.3 is 0 Å². The molecule has 2 rings (SSSR count). The van der Waals surface area contributed by atoms with Gasteiger partial charge in [-0.15, -0.1) is 0 Å². The second-order valence-electron chi connectivity index (χ2n) is 6.49. The Labute approximate surface area is 115 Å². The molecule has 0 radical (unpaired) electrons. The van der Waals surface area contributed by atoms with Crippen molar-refractivity contribution in [3.05, 3.63) is 34.9 Å². The van der Waals surface area contributed by atoms with E-state index in [1.165, 1.54) is 0 Å². The quantitative estimate of drug-likeness (QED) is 0.843. The van der Waals surface area contributed by atoms with Crippen molar-refractivity contribution in [1.29, 1.82) is 0 Å². The highest BCUT2D eigenvalue weighted by Gasteiger charge is 2.35. The molecule has 0 aliphatic carbocycles. The molecule has 0 aromatic heterocycles. The second kappa shape index (κ2) is 4.97. The minimum absolute atomic E-state index is 0.00716. The van der Waals surface area contributed by atoms with Crippen molar-refractivity contribution in [2.45, 2.75) is 40.2 Å². The Balaban J connectivity index is 2.20. The summed E-state index contributed by atoms with van der Waals surface area (Å²) in [5.74, 6) is 0.131. The van der Waals surface area contributed by atoms with Crippen LogP contribution < -0.4 is 5.73 Å². The molecule has 3 nitrogen and oxygen atoms in total. The fourth-order valence-corrected chi connectivity index (χ4v) is 2.83. The van der Waals surface area contributed by atoms with Crippen LogP contribution in [0.2, 0.25) is 0 Å². The first kappa shape index (κ1) is 14.1. The van der Waals surface area contributed by atoms with Crippen molar-refractivity contribution in [2.75, 3.05) is 13.1 Å². The zero-order valence-electron chi connectivity index (χ0n) is 12.4. The maximum Gasteiger partial charge on any atom is 0.253 e. The van der Waals surface area contributed by atoms with Crippen molar-refractivity contribution < 1.29 is 4.79 Å². The third kappa shape index (κ3) is 2.98. The van der Waals surface area contributed by atoms with Crippen LogP contribution in [0, 0.1) is 19.3 Å². The third-order valence-electron chi connectivity index (χ3n) is 4.07. The predicted octanol–water partition coefficient (Wildman–Crippen LogP) is 2.50. The third-order valence-corrected chi connectivity index (χ3v) is 4.07. The number of hydrogen-bond donors (Lipinski definition) is 1. The molecule has 1 saturated heterocycles. The van der Waals surface area contributed by atoms with Crippen LogP contribution in [-0.2, 0) is 0 Å². The van der Waals surface area contributed by atoms with E-state index >= 15 is 0 Å². The van der Waals surface area contributed by atoms with Gasteiger partial charge in [0.05, 0.1) is 0 Å². The van der Waals surface area contributed by atoms with Crippen LogP contribution in [0.25, 0.3) is 0 Å². The molecular formula is C16H24N2O. The van der Waals surface area contributed by atoms with Gasteiger partial charge < -0.3 is 10.6 Å². The number of likely N-dealkylation sites (tertiary alicyclic amines) is 1. The van der Waals surface area contributed by atoms with Gasteiger partial charge in [-0.05, 0) is 37.8 Å². The summed E-state index contributed by atoms with van der Waals surface area (Å²) >= 11 is 0. The molecule has 1 fully saturated rings. The zero-order chi connectivity index (χ0) is 14.2. The summed E-state index contributed by atoms with van der Waals surface area (Å²) in [6, 6.07) is 6.21. The zero-order valence-corrected chi connectivity index (χ0v) is 12.4. The minimum Gasteiger partial charge on any atom is -0.338 e. The van der Waals surface area contributed by atoms with Crippen molar-refractivity contribution >= 4 is 5.91 Å². The van der Waals surface area contributed by atoms with Crippen LogP contribution in [0.5, 0.6) is 0 Å². The Morgan fingerprint density at radius 2 is 1.84 bits per heavy atom. The average Bonchev–Trinajstić information content (AvgIpc) is 2.30. The van der Waals surface area contributed by atoms with E-state index in [9.17, 15) is 4.79 Å². The van der Waals surface area contributed by atoms with E-state index in [2.05, 4.69) is 19.9 Å². The molecule has 1 unspecified atom stereocenters. The lowest BCUT2D eigenvalue weighted by Crippen LogP contribution is -2.54. The molecule has 1 heterocycles. The smallest absolute Gasteiger partial charge is 0.253 e. The average molecular weight is 260 g/mol. The maximum absolute atomic E-state index is 12.6. The molecule has 1 atom stereocenters. The van der Waals surface area contributed by atoms with Gasteiger partial charge in [0.25, 0.3) is 5.91 Å². The van der Waals surface area contributed by atoms with Crippen molar-refractivity contribution in [3.8, 4) is 0 Å². The molecule has 0 saturated carbocycles. The molecule has 1 aliphatic rings. The molecule has 0 bridgehead atoms. The van der Waals surface area contributed by atoms with Gasteiger partial charge in [0.2, 0.25) is 0 Å². The van der Waals surface area contributed by atoms with E-state index < -0.39 is 0 Å². The predicted molar refractivity (Wildman–Crippen MR) is 78.2 cm³/mol. The fraction of sp³-hybridized carbons (Fsp3) is 0.562. The Morgan fingerprint density at radius 3 is 2.37 bits per heavy atom. The van der Waals surface area contributed by atoms with Crippen LogP contribution in [0.3, 0.4) is 0 Å². The number of nitrogens with zero attached hydrogens (tertiary/aromatic N) is 1. The number of piperidine rings is 1. The van der Waals surface area contributed by atoms with Gasteiger partial charge in [-0.25, -0.2) is 0 Å². The standard InChI is InChI=1S/C16H24N2O/c1-11-7-12(2)9-13(8-11)15(19)18-6-5-14(17)16(3,4)10-18/h7-9,14H,5-6,10,17H2,1-4H3. The molecule has 104 valence electrons. The lowest BCUT2D eigenvalue weighted by molar-refractivity contribution is 0.0533. The highest BCUT2D eigenvalue weighted by atomic mass is 16.2. The Kier molecular flexibility index (Phi) is 3.68. The van der Waals surface area contributed by atoms with E-state index in [0.717, 1.165) is 36.2 Å². The molecule has 2 N–H and O–H groups in total. The van der Waals surface area contributed by atoms with Crippen LogP contribution in [0.4, 0.5) is 0 Å². The SMILES string of the molecule is Cc1cc(C)cc(C(=O)N2CCC(N)C(C)(C)C2)c1. The number of rotatable bonds is 1. The van der Waals surface area contributed by atoms with Gasteiger partial charge in [-0.3, -0.25) is 4.79 Å². The Morgan fingerprint density at radius 1 is 1.26 bits per heavy atom. The monoisotopic (exact) mass is 260 g/mol. The summed E-state index contributed by atoms with van der Waals surface area (Å²) in [4.78, 5) is 14.5. The topological polar surface area (TPSA) is 46.3 Å². The second-order valence-corrected chi connectivity index (χ2v) is 6.49. The summed E-state index contributed by atoms with van der Waals surface area (Å²) in [5, 5.41) is 0. The van der Waals surface area contributed by atoms with Gasteiger partial charge in [0.15, 0.2) is 0 Å². The van der Waals surface area contributed by atoms with Gasteiger partial charge in [0.1, 0.15) is 0 Å². The van der Waals surface area contributed by atoms with E-state index in [1.807, 2.05) is 30.9 Å². The molecule has 1 amide bonds. The molecule has 19 heavy (non-hydrogen) atoms. The summed E-state index contributed by atoms with van der Waals surface area (Å²) in [6.07, 6.45) is 0.879. The summed E-state index contributed by atoms with van der Waals surface area (Å²) in [6.45, 7) is 9.83. The minimum atomic E-state index is -0.00716. The number of hydrogen-bond acceptors (Lipinski definition) is 2. The summed E-state index contributed by atoms with van der Waals surface area (Å²) in [5.41, 5.74) is 9.18. The molecule has 1 aromatic rings.